The third-order valence-corrected chi connectivity index (χ3v) is 12.5. The number of hydrogen-bond donors (Lipinski definition) is 3. The van der Waals surface area contributed by atoms with Crippen molar-refractivity contribution in [1.82, 2.24) is 34.8 Å². The Morgan fingerprint density at radius 1 is 0.609 bits per heavy atom. The Bertz CT molecular complexity index is 2930. The number of rotatable bonds is 8. The molecule has 4 aromatic heterocycles. The first-order valence-corrected chi connectivity index (χ1v) is 22.5. The first-order chi connectivity index (χ1) is 32.9. The second-order valence-electron chi connectivity index (χ2n) is 17.2. The van der Waals surface area contributed by atoms with Gasteiger partial charge in [-0.2, -0.15) is 26.3 Å². The summed E-state index contributed by atoms with van der Waals surface area (Å²) in [4.78, 5) is 53.2. The predicted octanol–water partition coefficient (Wildman–Crippen LogP) is 9.42. The van der Waals surface area contributed by atoms with E-state index in [1.165, 1.54) is 37.3 Å². The molecule has 20 heteroatoms. The lowest BCUT2D eigenvalue weighted by Gasteiger charge is -2.35. The monoisotopic (exact) mass is 953 g/mol. The smallest absolute Gasteiger partial charge is 0.418 e. The summed E-state index contributed by atoms with van der Waals surface area (Å²) in [6, 6.07) is 11.6. The van der Waals surface area contributed by atoms with Crippen molar-refractivity contribution in [2.24, 2.45) is 0 Å². The van der Waals surface area contributed by atoms with Crippen LogP contribution in [0.15, 0.2) is 86.5 Å². The zero-order valence-electron chi connectivity index (χ0n) is 37.4. The van der Waals surface area contributed by atoms with Gasteiger partial charge in [-0.1, -0.05) is 13.2 Å². The molecule has 2 aliphatic heterocycles. The lowest BCUT2D eigenvalue weighted by Crippen LogP contribution is -2.48. The molecule has 2 saturated heterocycles. The Morgan fingerprint density at radius 3 is 1.41 bits per heavy atom. The molecule has 69 heavy (non-hydrogen) atoms. The number of hydrogen-bond acceptors (Lipinski definition) is 12. The standard InChI is InChI=1S/C24H23F3N6O.C22H22F3N5.C3H4O2/c1-2-21(34)32-7-9-33(10-8-32)23-17-11-15(14-3-4-14)16(12-19(17)29-13-30-23)22-18(24(25,26)27)5-6-20(28)31-22;23-22(24,25)17-6-7-19(26)29-20(17)15-11-18-16(10-14(15)13-4-5-13)21(28-12-27-18)30-8-2-1-3-9-30;1-2-3(4)5/h2,5-6,11-14H,1,3-4,7-10H2,(H2,28,31);6-7,10-13H,1-5,8-9H2,(H2,26,29);2H,1H2,(H,4,5). The zero-order valence-corrected chi connectivity index (χ0v) is 37.4. The second-order valence-corrected chi connectivity index (χ2v) is 17.2. The Labute approximate surface area is 392 Å². The van der Waals surface area contributed by atoms with E-state index in [1.807, 2.05) is 12.1 Å². The van der Waals surface area contributed by atoms with Crippen molar-refractivity contribution in [3.8, 4) is 22.5 Å². The van der Waals surface area contributed by atoms with E-state index < -0.39 is 29.4 Å². The molecule has 2 aliphatic carbocycles. The molecule has 4 aliphatic rings. The van der Waals surface area contributed by atoms with Crippen LogP contribution in [0.3, 0.4) is 0 Å². The molecule has 2 saturated carbocycles. The molecule has 2 aromatic carbocycles. The van der Waals surface area contributed by atoms with Gasteiger partial charge in [0.25, 0.3) is 0 Å². The number of carboxylic acids is 1. The van der Waals surface area contributed by atoms with Crippen LogP contribution in [0.25, 0.3) is 44.3 Å². The number of piperidine rings is 1. The molecule has 10 rings (SSSR count). The van der Waals surface area contributed by atoms with Crippen LogP contribution in [0, 0.1) is 0 Å². The molecule has 0 atom stereocenters. The van der Waals surface area contributed by atoms with Gasteiger partial charge in [0.1, 0.15) is 35.9 Å². The number of amides is 1. The van der Waals surface area contributed by atoms with Crippen LogP contribution in [0.1, 0.15) is 79.0 Å². The zero-order chi connectivity index (χ0) is 49.2. The first kappa shape index (κ1) is 48.1. The van der Waals surface area contributed by atoms with E-state index in [2.05, 4.69) is 52.9 Å². The fraction of sp³-hybridized carbons (Fsp3) is 0.347. The van der Waals surface area contributed by atoms with Gasteiger partial charge in [-0.15, -0.1) is 0 Å². The van der Waals surface area contributed by atoms with E-state index in [0.29, 0.717) is 54.2 Å². The maximum atomic E-state index is 13.8. The second kappa shape index (κ2) is 19.7. The summed E-state index contributed by atoms with van der Waals surface area (Å²) >= 11 is 0. The van der Waals surface area contributed by atoms with Crippen molar-refractivity contribution in [3.05, 3.63) is 109 Å². The van der Waals surface area contributed by atoms with Gasteiger partial charge in [-0.3, -0.25) is 4.79 Å². The summed E-state index contributed by atoms with van der Waals surface area (Å²) in [6.45, 7) is 10.6. The van der Waals surface area contributed by atoms with Crippen LogP contribution in [0.4, 0.5) is 49.6 Å². The van der Waals surface area contributed by atoms with Crippen molar-refractivity contribution < 1.29 is 41.0 Å². The number of carbonyl (C=O) groups is 2. The molecule has 14 nitrogen and oxygen atoms in total. The maximum Gasteiger partial charge on any atom is 0.418 e. The molecule has 360 valence electrons. The summed E-state index contributed by atoms with van der Waals surface area (Å²) in [5, 5.41) is 9.27. The highest BCUT2D eigenvalue weighted by atomic mass is 19.4. The number of nitrogens with two attached hydrogens (primary N) is 2. The SMILES string of the molecule is C=CC(=O)N1CCN(c2ncnc3cc(-c4nc(N)ccc4C(F)(F)F)c(C4CC4)cc23)CC1.C=CC(=O)O.Nc1ccc(C(F)(F)F)c(-c2cc3ncnc(N4CCCCC4)c3cc2C2CC2)n1. The number of alkyl halides is 6. The summed E-state index contributed by atoms with van der Waals surface area (Å²) in [7, 11) is 0. The molecule has 0 spiro atoms. The Hall–Kier alpha value is -7.38. The van der Waals surface area contributed by atoms with Gasteiger partial charge in [-0.25, -0.2) is 34.7 Å². The van der Waals surface area contributed by atoms with Gasteiger partial charge < -0.3 is 31.3 Å². The van der Waals surface area contributed by atoms with Crippen molar-refractivity contribution in [3.63, 3.8) is 0 Å². The van der Waals surface area contributed by atoms with E-state index in [1.54, 1.807) is 17.0 Å². The van der Waals surface area contributed by atoms with Crippen molar-refractivity contribution in [1.29, 1.82) is 0 Å². The minimum absolute atomic E-state index is 0.0279. The van der Waals surface area contributed by atoms with Crippen LogP contribution in [0.5, 0.6) is 0 Å². The van der Waals surface area contributed by atoms with Crippen LogP contribution >= 0.6 is 0 Å². The summed E-state index contributed by atoms with van der Waals surface area (Å²) < 4.78 is 82.6. The van der Waals surface area contributed by atoms with Gasteiger partial charge in [0.15, 0.2) is 0 Å². The number of nitrogens with zero attached hydrogens (tertiary/aromatic N) is 9. The third kappa shape index (κ3) is 10.8. The molecule has 0 unspecified atom stereocenters. The lowest BCUT2D eigenvalue weighted by molar-refractivity contribution is -0.138. The molecule has 6 aromatic rings. The molecule has 6 heterocycles. The highest BCUT2D eigenvalue weighted by molar-refractivity contribution is 5.96. The number of carboxylic acid groups (broad SMARTS) is 1. The maximum absolute atomic E-state index is 13.8. The van der Waals surface area contributed by atoms with Gasteiger partial charge in [0.05, 0.1) is 33.5 Å². The van der Waals surface area contributed by atoms with Crippen LogP contribution < -0.4 is 21.3 Å². The van der Waals surface area contributed by atoms with Gasteiger partial charge >= 0.3 is 18.3 Å². The van der Waals surface area contributed by atoms with Crippen LogP contribution in [-0.2, 0) is 21.9 Å². The van der Waals surface area contributed by atoms with Gasteiger partial charge in [0.2, 0.25) is 5.91 Å². The van der Waals surface area contributed by atoms with Crippen molar-refractivity contribution >= 4 is 57.0 Å². The number of piperazine rings is 1. The number of nitrogen functional groups attached to an aromatic ring is 2. The number of pyridine rings is 2. The van der Waals surface area contributed by atoms with Crippen LogP contribution in [-0.4, -0.2) is 91.1 Å². The molecule has 0 bridgehead atoms. The quantitative estimate of drug-likeness (QED) is 0.0966. The molecule has 1 amide bonds. The molecule has 4 fully saturated rings. The predicted molar refractivity (Wildman–Crippen MR) is 251 cm³/mol. The first-order valence-electron chi connectivity index (χ1n) is 22.5. The van der Waals surface area contributed by atoms with Crippen molar-refractivity contribution in [2.45, 2.75) is 69.1 Å². The number of carbonyl (C=O) groups excluding carboxylic acids is 1. The third-order valence-electron chi connectivity index (χ3n) is 12.5. The van der Waals surface area contributed by atoms with E-state index in [-0.39, 0.29) is 40.8 Å². The van der Waals surface area contributed by atoms with E-state index in [9.17, 15) is 35.9 Å². The lowest BCUT2D eigenvalue weighted by atomic mass is 9.94. The minimum Gasteiger partial charge on any atom is -0.478 e. The average Bonchev–Trinajstić information content (AvgIpc) is 4.28. The van der Waals surface area contributed by atoms with E-state index in [4.69, 9.17) is 16.6 Å². The number of benzene rings is 2. The summed E-state index contributed by atoms with van der Waals surface area (Å²) in [6.07, 6.45) is 3.09. The highest BCUT2D eigenvalue weighted by Gasteiger charge is 2.39. The normalized spacial score (nSPS) is 16.3. The fourth-order valence-corrected chi connectivity index (χ4v) is 8.78. The summed E-state index contributed by atoms with van der Waals surface area (Å²) in [5.41, 5.74) is 13.4. The largest absolute Gasteiger partial charge is 0.478 e. The van der Waals surface area contributed by atoms with Gasteiger partial charge in [-0.05, 0) is 123 Å². The minimum atomic E-state index is -4.56. The number of fused-ring (bicyclic) bond motifs is 2. The molecular formula is C49H49F6N11O3. The number of aliphatic carboxylic acids is 1. The topological polar surface area (TPSA) is 193 Å². The fourth-order valence-electron chi connectivity index (χ4n) is 8.78. The number of halogens is 6. The van der Waals surface area contributed by atoms with Crippen LogP contribution in [0.2, 0.25) is 0 Å². The average molecular weight is 954 g/mol. The Kier molecular flexibility index (Phi) is 13.7. The molecule has 5 N–H and O–H groups in total. The van der Waals surface area contributed by atoms with E-state index in [0.717, 1.165) is 97.5 Å². The molecule has 0 radical (unpaired) electrons. The van der Waals surface area contributed by atoms with Crippen molar-refractivity contribution in [2.75, 3.05) is 60.5 Å². The van der Waals surface area contributed by atoms with Gasteiger partial charge in [0, 0.05) is 67.2 Å². The number of anilines is 4. The summed E-state index contributed by atoms with van der Waals surface area (Å²) in [5.74, 6) is 0.956. The highest BCUT2D eigenvalue weighted by Crippen LogP contribution is 2.50. The Morgan fingerprint density at radius 2 is 1.03 bits per heavy atom. The number of aromatic nitrogens is 6. The molecular weight excluding hydrogens is 905 g/mol. The van der Waals surface area contributed by atoms with E-state index >= 15 is 0 Å². The Balaban J connectivity index is 0.000000171.